The van der Waals surface area contributed by atoms with E-state index in [1.807, 2.05) is 19.1 Å². The van der Waals surface area contributed by atoms with Crippen LogP contribution in [0.1, 0.15) is 11.1 Å². The molecular weight excluding hydrogens is 190 g/mol. The van der Waals surface area contributed by atoms with Crippen molar-refractivity contribution in [3.8, 4) is 11.8 Å². The lowest BCUT2D eigenvalue weighted by molar-refractivity contribution is 0.259. The van der Waals surface area contributed by atoms with E-state index in [1.165, 1.54) is 0 Å². The lowest BCUT2D eigenvalue weighted by atomic mass is 10.1. The molecule has 0 spiro atoms. The summed E-state index contributed by atoms with van der Waals surface area (Å²) in [6.07, 6.45) is 0. The number of aryl methyl sites for hydroxylation is 1. The first kappa shape index (κ1) is 11.1. The molecule has 4 heteroatoms. The molecule has 15 heavy (non-hydrogen) atoms. The van der Waals surface area contributed by atoms with Gasteiger partial charge in [-0.25, -0.2) is 4.79 Å². The zero-order valence-corrected chi connectivity index (χ0v) is 8.50. The molecule has 78 valence electrons. The maximum Gasteiger partial charge on any atom is 0.316 e. The number of anilines is 1. The van der Waals surface area contributed by atoms with Gasteiger partial charge in [0.1, 0.15) is 0 Å². The minimum absolute atomic E-state index is 0.282. The number of hydrogen-bond donors (Lipinski definition) is 3. The number of carbonyl (C=O) groups excluding carboxylic acids is 1. The highest BCUT2D eigenvalue weighted by Gasteiger charge is 2.01. The second-order valence-electron chi connectivity index (χ2n) is 3.04. The fourth-order valence-corrected chi connectivity index (χ4v) is 1.15. The molecule has 1 aromatic rings. The fourth-order valence-electron chi connectivity index (χ4n) is 1.15. The van der Waals surface area contributed by atoms with E-state index in [0.29, 0.717) is 5.69 Å². The number of benzene rings is 1. The molecule has 0 heterocycles. The second kappa shape index (κ2) is 5.03. The Morgan fingerprint density at radius 2 is 2.27 bits per heavy atom. The van der Waals surface area contributed by atoms with Crippen LogP contribution in [0.4, 0.5) is 10.5 Å². The van der Waals surface area contributed by atoms with E-state index in [0.717, 1.165) is 11.1 Å². The lowest BCUT2D eigenvalue weighted by Gasteiger charge is -2.05. The van der Waals surface area contributed by atoms with Gasteiger partial charge in [-0.3, -0.25) is 0 Å². The summed E-state index contributed by atoms with van der Waals surface area (Å²) in [5.41, 5.74) is 12.7. The van der Waals surface area contributed by atoms with Crippen LogP contribution in [0.25, 0.3) is 0 Å². The summed E-state index contributed by atoms with van der Waals surface area (Å²) >= 11 is 0. The van der Waals surface area contributed by atoms with Crippen molar-refractivity contribution < 1.29 is 4.79 Å². The van der Waals surface area contributed by atoms with Crippen molar-refractivity contribution in [1.29, 1.82) is 0 Å². The van der Waals surface area contributed by atoms with Crippen molar-refractivity contribution in [2.45, 2.75) is 6.92 Å². The number of primary amides is 1. The molecule has 0 radical (unpaired) electrons. The van der Waals surface area contributed by atoms with Crippen LogP contribution in [0, 0.1) is 18.8 Å². The van der Waals surface area contributed by atoms with Crippen LogP contribution in [-0.2, 0) is 0 Å². The van der Waals surface area contributed by atoms with Crippen molar-refractivity contribution in [1.82, 2.24) is 0 Å². The lowest BCUT2D eigenvalue weighted by Crippen LogP contribution is -2.19. The normalized spacial score (nSPS) is 8.93. The Hall–Kier alpha value is -1.99. The predicted molar refractivity (Wildman–Crippen MR) is 60.3 cm³/mol. The number of carbonyl (C=O) groups is 1. The molecule has 2 amide bonds. The highest BCUT2D eigenvalue weighted by molar-refractivity contribution is 5.89. The van der Waals surface area contributed by atoms with Crippen LogP contribution in [0.5, 0.6) is 0 Å². The minimum Gasteiger partial charge on any atom is -0.351 e. The van der Waals surface area contributed by atoms with Gasteiger partial charge in [0.15, 0.2) is 0 Å². The zero-order valence-electron chi connectivity index (χ0n) is 8.50. The molecule has 4 nitrogen and oxygen atoms in total. The topological polar surface area (TPSA) is 81.1 Å². The molecular formula is C11H13N3O. The average molecular weight is 203 g/mol. The molecule has 0 saturated heterocycles. The Kier molecular flexibility index (Phi) is 3.72. The second-order valence-corrected chi connectivity index (χ2v) is 3.04. The summed E-state index contributed by atoms with van der Waals surface area (Å²) in [5, 5.41) is 2.51. The van der Waals surface area contributed by atoms with Crippen LogP contribution in [0.15, 0.2) is 18.2 Å². The predicted octanol–water partition coefficient (Wildman–Crippen LogP) is 0.796. The highest BCUT2D eigenvalue weighted by Crippen LogP contribution is 2.15. The Morgan fingerprint density at radius 1 is 1.53 bits per heavy atom. The largest absolute Gasteiger partial charge is 0.351 e. The van der Waals surface area contributed by atoms with E-state index < -0.39 is 6.03 Å². The molecule has 0 aliphatic heterocycles. The third-order valence-electron chi connectivity index (χ3n) is 1.76. The van der Waals surface area contributed by atoms with Crippen LogP contribution < -0.4 is 16.8 Å². The van der Waals surface area contributed by atoms with Crippen molar-refractivity contribution in [3.63, 3.8) is 0 Å². The summed E-state index contributed by atoms with van der Waals surface area (Å²) in [6, 6.07) is 4.91. The Morgan fingerprint density at radius 3 is 2.87 bits per heavy atom. The standard InChI is InChI=1S/C11H13N3O/c1-8-4-5-10(14-11(13)15)9(7-8)3-2-6-12/h4-5,7H,6,12H2,1H3,(H3,13,14,15). The molecule has 0 aliphatic rings. The van der Waals surface area contributed by atoms with E-state index in [4.69, 9.17) is 11.5 Å². The molecule has 0 aromatic heterocycles. The smallest absolute Gasteiger partial charge is 0.316 e. The van der Waals surface area contributed by atoms with Gasteiger partial charge in [0, 0.05) is 5.56 Å². The van der Waals surface area contributed by atoms with Crippen LogP contribution in [-0.4, -0.2) is 12.6 Å². The van der Waals surface area contributed by atoms with E-state index in [9.17, 15) is 4.79 Å². The Balaban J connectivity index is 3.08. The number of urea groups is 1. The monoisotopic (exact) mass is 203 g/mol. The number of amides is 2. The van der Waals surface area contributed by atoms with Gasteiger partial charge in [0.05, 0.1) is 12.2 Å². The SMILES string of the molecule is Cc1ccc(NC(N)=O)c(C#CCN)c1. The van der Waals surface area contributed by atoms with Gasteiger partial charge < -0.3 is 16.8 Å². The maximum absolute atomic E-state index is 10.7. The van der Waals surface area contributed by atoms with E-state index in [1.54, 1.807) is 6.07 Å². The number of rotatable bonds is 1. The maximum atomic E-state index is 10.7. The van der Waals surface area contributed by atoms with Crippen molar-refractivity contribution in [2.24, 2.45) is 11.5 Å². The molecule has 5 N–H and O–H groups in total. The third-order valence-corrected chi connectivity index (χ3v) is 1.76. The van der Waals surface area contributed by atoms with E-state index in [-0.39, 0.29) is 6.54 Å². The van der Waals surface area contributed by atoms with Gasteiger partial charge in [-0.2, -0.15) is 0 Å². The first-order valence-corrected chi connectivity index (χ1v) is 4.49. The van der Waals surface area contributed by atoms with Crippen LogP contribution >= 0.6 is 0 Å². The molecule has 0 saturated carbocycles. The Bertz CT molecular complexity index is 429. The van der Waals surface area contributed by atoms with E-state index >= 15 is 0 Å². The van der Waals surface area contributed by atoms with Crippen molar-refractivity contribution in [2.75, 3.05) is 11.9 Å². The molecule has 0 fully saturated rings. The summed E-state index contributed by atoms with van der Waals surface area (Å²) in [6.45, 7) is 2.23. The Labute approximate surface area is 88.6 Å². The molecule has 0 bridgehead atoms. The van der Waals surface area contributed by atoms with Gasteiger partial charge in [-0.05, 0) is 24.6 Å². The molecule has 1 rings (SSSR count). The van der Waals surface area contributed by atoms with Crippen LogP contribution in [0.2, 0.25) is 0 Å². The number of nitrogens with one attached hydrogen (secondary N) is 1. The summed E-state index contributed by atoms with van der Waals surface area (Å²) in [7, 11) is 0. The first-order chi connectivity index (χ1) is 7.13. The van der Waals surface area contributed by atoms with Crippen molar-refractivity contribution >= 4 is 11.7 Å². The molecule has 1 aromatic carbocycles. The fraction of sp³-hybridized carbons (Fsp3) is 0.182. The van der Waals surface area contributed by atoms with Crippen LogP contribution in [0.3, 0.4) is 0 Å². The van der Waals surface area contributed by atoms with Crippen molar-refractivity contribution in [3.05, 3.63) is 29.3 Å². The summed E-state index contributed by atoms with van der Waals surface area (Å²) in [5.74, 6) is 5.60. The summed E-state index contributed by atoms with van der Waals surface area (Å²) < 4.78 is 0. The third kappa shape index (κ3) is 3.33. The van der Waals surface area contributed by atoms with Gasteiger partial charge in [-0.1, -0.05) is 17.9 Å². The first-order valence-electron chi connectivity index (χ1n) is 4.49. The van der Waals surface area contributed by atoms with Gasteiger partial charge in [0.25, 0.3) is 0 Å². The summed E-state index contributed by atoms with van der Waals surface area (Å²) in [4.78, 5) is 10.7. The van der Waals surface area contributed by atoms with Gasteiger partial charge in [-0.15, -0.1) is 0 Å². The van der Waals surface area contributed by atoms with E-state index in [2.05, 4.69) is 17.2 Å². The van der Waals surface area contributed by atoms with Gasteiger partial charge >= 0.3 is 6.03 Å². The molecule has 0 atom stereocenters. The quantitative estimate of drug-likeness (QED) is 0.590. The molecule has 0 aliphatic carbocycles. The number of hydrogen-bond acceptors (Lipinski definition) is 2. The van der Waals surface area contributed by atoms with Gasteiger partial charge in [0.2, 0.25) is 0 Å². The average Bonchev–Trinajstić information content (AvgIpc) is 2.18. The number of nitrogens with two attached hydrogens (primary N) is 2. The minimum atomic E-state index is -0.602. The molecule has 0 unspecified atom stereocenters. The highest BCUT2D eigenvalue weighted by atomic mass is 16.2. The zero-order chi connectivity index (χ0) is 11.3.